The van der Waals surface area contributed by atoms with Crippen LogP contribution in [0, 0.1) is 11.8 Å². The van der Waals surface area contributed by atoms with Gasteiger partial charge >= 0.3 is 0 Å². The van der Waals surface area contributed by atoms with E-state index < -0.39 is 0 Å². The molecule has 0 aliphatic rings. The number of ether oxygens (including phenoxy) is 2. The predicted molar refractivity (Wildman–Crippen MR) is 76.2 cm³/mol. The molecule has 0 amide bonds. The summed E-state index contributed by atoms with van der Waals surface area (Å²) in [6.45, 7) is 13.3. The van der Waals surface area contributed by atoms with Crippen molar-refractivity contribution in [2.24, 2.45) is 5.92 Å². The van der Waals surface area contributed by atoms with Gasteiger partial charge in [-0.1, -0.05) is 27.7 Å². The zero-order chi connectivity index (χ0) is 13.7. The van der Waals surface area contributed by atoms with Gasteiger partial charge in [-0.15, -0.1) is 0 Å². The molecule has 0 unspecified atom stereocenters. The average molecular weight is 249 g/mol. The van der Waals surface area contributed by atoms with Gasteiger partial charge in [0.2, 0.25) is 0 Å². The smallest absolute Gasteiger partial charge is 0.123 e. The molecule has 18 heavy (non-hydrogen) atoms. The van der Waals surface area contributed by atoms with Crippen molar-refractivity contribution in [2.75, 3.05) is 6.61 Å². The Balaban J connectivity index is 2.91. The van der Waals surface area contributed by atoms with E-state index >= 15 is 0 Å². The summed E-state index contributed by atoms with van der Waals surface area (Å²) in [5.74, 6) is 3.55. The van der Waals surface area contributed by atoms with E-state index in [0.717, 1.165) is 18.1 Å². The molecule has 1 rings (SSSR count). The molecule has 0 spiro atoms. The van der Waals surface area contributed by atoms with Crippen LogP contribution >= 0.6 is 0 Å². The molecule has 101 valence electrons. The molecule has 1 radical (unpaired) electrons. The van der Waals surface area contributed by atoms with Crippen molar-refractivity contribution in [1.29, 1.82) is 0 Å². The lowest BCUT2D eigenvalue weighted by molar-refractivity contribution is 0.237. The molecule has 0 aromatic heterocycles. The maximum absolute atomic E-state index is 5.79. The maximum Gasteiger partial charge on any atom is 0.123 e. The van der Waals surface area contributed by atoms with Crippen LogP contribution in [0.5, 0.6) is 11.5 Å². The Morgan fingerprint density at radius 3 is 2.11 bits per heavy atom. The fourth-order valence-corrected chi connectivity index (χ4v) is 1.55. The van der Waals surface area contributed by atoms with Crippen molar-refractivity contribution in [3.8, 4) is 11.5 Å². The molecule has 0 fully saturated rings. The third kappa shape index (κ3) is 4.99. The fourth-order valence-electron chi connectivity index (χ4n) is 1.55. The first-order valence-electron chi connectivity index (χ1n) is 6.63. The van der Waals surface area contributed by atoms with Gasteiger partial charge in [0.1, 0.15) is 11.5 Å². The maximum atomic E-state index is 5.79. The molecule has 0 saturated carbocycles. The molecule has 0 N–H and O–H groups in total. The van der Waals surface area contributed by atoms with Gasteiger partial charge in [0, 0.05) is 6.07 Å². The number of benzene rings is 1. The van der Waals surface area contributed by atoms with Gasteiger partial charge in [-0.25, -0.2) is 0 Å². The van der Waals surface area contributed by atoms with Crippen molar-refractivity contribution in [3.63, 3.8) is 0 Å². The lowest BCUT2D eigenvalue weighted by Crippen LogP contribution is -2.08. The first-order valence-corrected chi connectivity index (χ1v) is 6.63. The van der Waals surface area contributed by atoms with Gasteiger partial charge in [-0.05, 0) is 43.4 Å². The summed E-state index contributed by atoms with van der Waals surface area (Å²) < 4.78 is 11.5. The second kappa shape index (κ2) is 6.67. The van der Waals surface area contributed by atoms with E-state index in [1.54, 1.807) is 0 Å². The van der Waals surface area contributed by atoms with Crippen LogP contribution < -0.4 is 9.47 Å². The summed E-state index contributed by atoms with van der Waals surface area (Å²) in [5, 5.41) is 0. The molecule has 0 aliphatic carbocycles. The van der Waals surface area contributed by atoms with E-state index in [1.807, 2.05) is 19.9 Å². The second-order valence-corrected chi connectivity index (χ2v) is 5.56. The minimum absolute atomic E-state index is 0.176. The summed E-state index contributed by atoms with van der Waals surface area (Å²) in [7, 11) is 0. The third-order valence-corrected chi connectivity index (χ3v) is 2.41. The highest BCUT2D eigenvalue weighted by Gasteiger charge is 2.08. The van der Waals surface area contributed by atoms with Gasteiger partial charge in [-0.2, -0.15) is 0 Å². The van der Waals surface area contributed by atoms with Gasteiger partial charge in [0.25, 0.3) is 0 Å². The number of rotatable bonds is 6. The van der Waals surface area contributed by atoms with Crippen molar-refractivity contribution < 1.29 is 9.47 Å². The number of hydrogen-bond donors (Lipinski definition) is 0. The summed E-state index contributed by atoms with van der Waals surface area (Å²) >= 11 is 0. The quantitative estimate of drug-likeness (QED) is 0.740. The molecule has 0 bridgehead atoms. The highest BCUT2D eigenvalue weighted by atomic mass is 16.5. The summed E-state index contributed by atoms with van der Waals surface area (Å²) in [4.78, 5) is 0. The van der Waals surface area contributed by atoms with Crippen LogP contribution in [0.3, 0.4) is 0 Å². The Bertz CT molecular complexity index is 367. The van der Waals surface area contributed by atoms with Crippen LogP contribution in [0.15, 0.2) is 18.2 Å². The lowest BCUT2D eigenvalue weighted by Gasteiger charge is -2.16. The molecule has 0 heterocycles. The van der Waals surface area contributed by atoms with E-state index in [9.17, 15) is 0 Å². The average Bonchev–Trinajstić information content (AvgIpc) is 2.25. The Morgan fingerprint density at radius 1 is 1.00 bits per heavy atom. The van der Waals surface area contributed by atoms with E-state index in [4.69, 9.17) is 9.47 Å². The van der Waals surface area contributed by atoms with Crippen LogP contribution in [-0.4, -0.2) is 12.7 Å². The van der Waals surface area contributed by atoms with Crippen LogP contribution in [0.4, 0.5) is 0 Å². The lowest BCUT2D eigenvalue weighted by atomic mass is 10.0. The normalized spacial score (nSPS) is 11.4. The second-order valence-electron chi connectivity index (χ2n) is 5.56. The van der Waals surface area contributed by atoms with E-state index in [0.29, 0.717) is 5.92 Å². The Hall–Kier alpha value is -1.18. The van der Waals surface area contributed by atoms with Crippen LogP contribution in [0.2, 0.25) is 0 Å². The monoisotopic (exact) mass is 249 g/mol. The van der Waals surface area contributed by atoms with Gasteiger partial charge in [-0.3, -0.25) is 0 Å². The topological polar surface area (TPSA) is 18.5 Å². The van der Waals surface area contributed by atoms with Crippen LogP contribution in [0.25, 0.3) is 0 Å². The minimum atomic E-state index is 0.176. The third-order valence-electron chi connectivity index (χ3n) is 2.41. The molecule has 2 nitrogen and oxygen atoms in total. The van der Waals surface area contributed by atoms with Crippen LogP contribution in [-0.2, 0) is 0 Å². The van der Waals surface area contributed by atoms with E-state index in [2.05, 4.69) is 39.8 Å². The fraction of sp³-hybridized carbons (Fsp3) is 0.562. The zero-order valence-electron chi connectivity index (χ0n) is 12.4. The minimum Gasteiger partial charge on any atom is -0.493 e. The Labute approximate surface area is 111 Å². The van der Waals surface area contributed by atoms with Crippen molar-refractivity contribution in [2.45, 2.75) is 47.6 Å². The van der Waals surface area contributed by atoms with Gasteiger partial charge < -0.3 is 9.47 Å². The first-order chi connectivity index (χ1) is 8.38. The highest BCUT2D eigenvalue weighted by molar-refractivity contribution is 5.43. The number of hydrogen-bond acceptors (Lipinski definition) is 2. The molecule has 0 saturated heterocycles. The van der Waals surface area contributed by atoms with Crippen LogP contribution in [0.1, 0.15) is 47.1 Å². The molecule has 0 aliphatic heterocycles. The SMILES string of the molecule is C[C](C)c1cc(OCC(C)C)cc(OC(C)C)c1. The summed E-state index contributed by atoms with van der Waals surface area (Å²) in [6.07, 6.45) is 0.176. The van der Waals surface area contributed by atoms with E-state index in [-0.39, 0.29) is 6.10 Å². The van der Waals surface area contributed by atoms with E-state index in [1.165, 1.54) is 11.5 Å². The molecule has 1 aromatic carbocycles. The first kappa shape index (κ1) is 14.9. The Kier molecular flexibility index (Phi) is 5.52. The van der Waals surface area contributed by atoms with Crippen molar-refractivity contribution in [1.82, 2.24) is 0 Å². The Morgan fingerprint density at radius 2 is 1.61 bits per heavy atom. The molecule has 2 heteroatoms. The van der Waals surface area contributed by atoms with Crippen molar-refractivity contribution in [3.05, 3.63) is 29.7 Å². The molecular formula is C16H25O2. The van der Waals surface area contributed by atoms with Gasteiger partial charge in [0.15, 0.2) is 0 Å². The largest absolute Gasteiger partial charge is 0.493 e. The standard InChI is InChI=1S/C16H25O2/c1-11(2)10-17-15-7-14(12(3)4)8-16(9-15)18-13(5)6/h7-9,11,13H,10H2,1-6H3. The molecular weight excluding hydrogens is 224 g/mol. The summed E-state index contributed by atoms with van der Waals surface area (Å²) in [6, 6.07) is 6.11. The zero-order valence-corrected chi connectivity index (χ0v) is 12.4. The highest BCUT2D eigenvalue weighted by Crippen LogP contribution is 2.28. The van der Waals surface area contributed by atoms with Gasteiger partial charge in [0.05, 0.1) is 12.7 Å². The predicted octanol–water partition coefficient (Wildman–Crippen LogP) is 4.47. The summed E-state index contributed by atoms with van der Waals surface area (Å²) in [5.41, 5.74) is 1.17. The molecule has 0 atom stereocenters. The van der Waals surface area contributed by atoms with Crippen molar-refractivity contribution >= 4 is 0 Å². The molecule has 1 aromatic rings.